The van der Waals surface area contributed by atoms with E-state index in [1.54, 1.807) is 12.1 Å². The Morgan fingerprint density at radius 3 is 2.27 bits per heavy atom. The van der Waals surface area contributed by atoms with Gasteiger partial charge in [0.1, 0.15) is 0 Å². The average molecular weight is 414 g/mol. The molecule has 1 saturated heterocycles. The molecule has 7 nitrogen and oxygen atoms in total. The molecule has 10 heteroatoms. The molecular weight excluding hydrogens is 398 g/mol. The molecule has 1 aromatic carbocycles. The van der Waals surface area contributed by atoms with Crippen LogP contribution in [0.15, 0.2) is 33.6 Å². The van der Waals surface area contributed by atoms with Crippen LogP contribution in [0.3, 0.4) is 0 Å². The minimum absolute atomic E-state index is 0.0272. The molecule has 1 fully saturated rings. The maximum Gasteiger partial charge on any atom is 0.243 e. The molecule has 0 bridgehead atoms. The number of aliphatic hydroxyl groups excluding tert-OH is 2. The van der Waals surface area contributed by atoms with Crippen molar-refractivity contribution in [3.05, 3.63) is 28.7 Å². The van der Waals surface area contributed by atoms with E-state index >= 15 is 0 Å². The van der Waals surface area contributed by atoms with E-state index in [-0.39, 0.29) is 11.4 Å². The predicted molar refractivity (Wildman–Crippen MR) is 83.6 cm³/mol. The fraction of sp³-hybridized carbons (Fsp3) is 0.500. The van der Waals surface area contributed by atoms with Gasteiger partial charge in [-0.25, -0.2) is 16.8 Å². The fourth-order valence-corrected chi connectivity index (χ4v) is 6.19. The summed E-state index contributed by atoms with van der Waals surface area (Å²) >= 11 is 3.20. The molecule has 1 heterocycles. The second kappa shape index (κ2) is 6.54. The highest BCUT2D eigenvalue weighted by atomic mass is 79.9. The molecule has 0 spiro atoms. The maximum absolute atomic E-state index is 12.7. The third-order valence-corrected chi connectivity index (χ3v) is 7.57. The number of sulfone groups is 1. The van der Waals surface area contributed by atoms with Crippen LogP contribution in [0.2, 0.25) is 0 Å². The van der Waals surface area contributed by atoms with Gasteiger partial charge in [0.15, 0.2) is 9.84 Å². The van der Waals surface area contributed by atoms with Crippen molar-refractivity contribution < 1.29 is 27.0 Å². The Balaban J connectivity index is 2.41. The van der Waals surface area contributed by atoms with E-state index in [2.05, 4.69) is 15.9 Å². The number of rotatable bonds is 5. The first-order valence-electron chi connectivity index (χ1n) is 6.44. The standard InChI is InChI=1S/C12H16BrNO6S2/c13-9-1-3-10(4-2-9)22(19,20)14(5-6-15)11-7-21(17,18)8-12(11)16/h1-4,11-12,15-16H,5-8H2/t11-,12+/m1/s1. The van der Waals surface area contributed by atoms with Crippen molar-refractivity contribution in [1.29, 1.82) is 0 Å². The molecular formula is C12H16BrNO6S2. The summed E-state index contributed by atoms with van der Waals surface area (Å²) in [5.74, 6) is -0.931. The summed E-state index contributed by atoms with van der Waals surface area (Å²) in [7, 11) is -7.52. The molecule has 1 aromatic rings. The zero-order valence-electron chi connectivity index (χ0n) is 11.5. The Hall–Kier alpha value is -0.520. The summed E-state index contributed by atoms with van der Waals surface area (Å²) < 4.78 is 50.1. The lowest BCUT2D eigenvalue weighted by molar-refractivity contribution is 0.117. The Bertz CT molecular complexity index is 731. The summed E-state index contributed by atoms with van der Waals surface area (Å²) in [5.41, 5.74) is 0. The molecule has 2 rings (SSSR count). The van der Waals surface area contributed by atoms with Crippen molar-refractivity contribution in [1.82, 2.24) is 4.31 Å². The van der Waals surface area contributed by atoms with Crippen LogP contribution in [-0.2, 0) is 19.9 Å². The number of nitrogens with zero attached hydrogens (tertiary/aromatic N) is 1. The molecule has 1 aliphatic heterocycles. The Labute approximate surface area is 137 Å². The highest BCUT2D eigenvalue weighted by molar-refractivity contribution is 9.10. The third kappa shape index (κ3) is 3.69. The fourth-order valence-electron chi connectivity index (χ4n) is 2.39. The summed E-state index contributed by atoms with van der Waals surface area (Å²) in [6, 6.07) is 4.75. The van der Waals surface area contributed by atoms with Gasteiger partial charge in [-0.1, -0.05) is 15.9 Å². The van der Waals surface area contributed by atoms with Crippen LogP contribution < -0.4 is 0 Å². The van der Waals surface area contributed by atoms with E-state index in [0.29, 0.717) is 4.47 Å². The monoisotopic (exact) mass is 413 g/mol. The molecule has 0 saturated carbocycles. The van der Waals surface area contributed by atoms with Gasteiger partial charge in [-0.15, -0.1) is 0 Å². The van der Waals surface area contributed by atoms with Crippen LogP contribution in [0, 0.1) is 0 Å². The van der Waals surface area contributed by atoms with Gasteiger partial charge in [0.2, 0.25) is 10.0 Å². The van der Waals surface area contributed by atoms with Crippen LogP contribution >= 0.6 is 15.9 Å². The van der Waals surface area contributed by atoms with Crippen molar-refractivity contribution in [2.45, 2.75) is 17.0 Å². The van der Waals surface area contributed by atoms with Crippen molar-refractivity contribution >= 4 is 35.8 Å². The summed E-state index contributed by atoms with van der Waals surface area (Å²) in [6.07, 6.45) is -1.30. The predicted octanol–water partition coefficient (Wildman–Crippen LogP) is -0.410. The lowest BCUT2D eigenvalue weighted by atomic mass is 10.2. The molecule has 0 radical (unpaired) electrons. The lowest BCUT2D eigenvalue weighted by Gasteiger charge is -2.28. The zero-order valence-corrected chi connectivity index (χ0v) is 14.7. The zero-order chi connectivity index (χ0) is 16.5. The van der Waals surface area contributed by atoms with Crippen LogP contribution in [0.25, 0.3) is 0 Å². The Kier molecular flexibility index (Phi) is 5.30. The number of benzene rings is 1. The maximum atomic E-state index is 12.7. The van der Waals surface area contributed by atoms with Crippen LogP contribution in [0.4, 0.5) is 0 Å². The number of hydrogen-bond acceptors (Lipinski definition) is 6. The van der Waals surface area contributed by atoms with E-state index < -0.39 is 50.1 Å². The highest BCUT2D eigenvalue weighted by Crippen LogP contribution is 2.26. The van der Waals surface area contributed by atoms with Crippen molar-refractivity contribution in [3.63, 3.8) is 0 Å². The molecule has 124 valence electrons. The lowest BCUT2D eigenvalue weighted by Crippen LogP contribution is -2.47. The quantitative estimate of drug-likeness (QED) is 0.678. The van der Waals surface area contributed by atoms with Gasteiger partial charge in [0, 0.05) is 11.0 Å². The molecule has 0 unspecified atom stereocenters. The van der Waals surface area contributed by atoms with Gasteiger partial charge in [-0.3, -0.25) is 0 Å². The number of hydrogen-bond donors (Lipinski definition) is 2. The number of sulfonamides is 1. The first kappa shape index (κ1) is 17.8. The molecule has 22 heavy (non-hydrogen) atoms. The minimum atomic E-state index is -4.02. The van der Waals surface area contributed by atoms with E-state index in [1.807, 2.05) is 0 Å². The van der Waals surface area contributed by atoms with E-state index in [4.69, 9.17) is 5.11 Å². The van der Waals surface area contributed by atoms with Gasteiger partial charge in [0.05, 0.1) is 35.2 Å². The van der Waals surface area contributed by atoms with E-state index in [1.165, 1.54) is 12.1 Å². The van der Waals surface area contributed by atoms with Crippen LogP contribution in [-0.4, -0.2) is 68.2 Å². The first-order valence-corrected chi connectivity index (χ1v) is 10.5. The number of halogens is 1. The Morgan fingerprint density at radius 2 is 1.82 bits per heavy atom. The van der Waals surface area contributed by atoms with E-state index in [9.17, 15) is 21.9 Å². The topological polar surface area (TPSA) is 112 Å². The molecule has 1 aliphatic rings. The van der Waals surface area contributed by atoms with Gasteiger partial charge in [-0.05, 0) is 24.3 Å². The van der Waals surface area contributed by atoms with Gasteiger partial charge >= 0.3 is 0 Å². The van der Waals surface area contributed by atoms with Crippen molar-refractivity contribution in [2.75, 3.05) is 24.7 Å². The second-order valence-electron chi connectivity index (χ2n) is 5.00. The van der Waals surface area contributed by atoms with Gasteiger partial charge in [-0.2, -0.15) is 4.31 Å². The average Bonchev–Trinajstić information content (AvgIpc) is 2.69. The molecule has 2 atom stereocenters. The van der Waals surface area contributed by atoms with Crippen LogP contribution in [0.5, 0.6) is 0 Å². The summed E-state index contributed by atoms with van der Waals surface area (Å²) in [5, 5.41) is 19.0. The molecule has 2 N–H and O–H groups in total. The SMILES string of the molecule is O=S1(=O)C[C@@H](N(CCO)S(=O)(=O)c2ccc(Br)cc2)[C@@H](O)C1. The van der Waals surface area contributed by atoms with Crippen molar-refractivity contribution in [2.24, 2.45) is 0 Å². The largest absolute Gasteiger partial charge is 0.395 e. The first-order chi connectivity index (χ1) is 10.2. The van der Waals surface area contributed by atoms with Crippen molar-refractivity contribution in [3.8, 4) is 0 Å². The second-order valence-corrected chi connectivity index (χ2v) is 9.96. The molecule has 0 aliphatic carbocycles. The van der Waals surface area contributed by atoms with Crippen LogP contribution in [0.1, 0.15) is 0 Å². The Morgan fingerprint density at radius 1 is 1.23 bits per heavy atom. The van der Waals surface area contributed by atoms with Gasteiger partial charge < -0.3 is 10.2 Å². The third-order valence-electron chi connectivity index (χ3n) is 3.40. The minimum Gasteiger partial charge on any atom is -0.395 e. The normalized spacial score (nSPS) is 24.7. The number of aliphatic hydroxyl groups is 2. The smallest absolute Gasteiger partial charge is 0.243 e. The van der Waals surface area contributed by atoms with E-state index in [0.717, 1.165) is 4.31 Å². The highest BCUT2D eigenvalue weighted by Gasteiger charge is 2.44. The summed E-state index contributed by atoms with van der Waals surface area (Å²) in [6.45, 7) is -0.755. The van der Waals surface area contributed by atoms with Gasteiger partial charge in [0.25, 0.3) is 0 Å². The molecule has 0 amide bonds. The summed E-state index contributed by atoms with van der Waals surface area (Å²) in [4.78, 5) is -0.0272. The molecule has 0 aromatic heterocycles.